The Hall–Kier alpha value is -3.09. The number of nitro benzene ring substituents is 1. The number of nitro groups is 1. The SMILES string of the molecule is CCOc1ccc(N=Cc2cc3c(cc2[N+](=O)[O-])OCO3)cc1. The first kappa shape index (κ1) is 14.8. The molecule has 0 saturated heterocycles. The zero-order chi connectivity index (χ0) is 16.2. The van der Waals surface area contributed by atoms with Crippen LogP contribution in [-0.2, 0) is 0 Å². The minimum atomic E-state index is -0.471. The fourth-order valence-corrected chi connectivity index (χ4v) is 2.15. The van der Waals surface area contributed by atoms with Crippen molar-refractivity contribution in [2.75, 3.05) is 13.4 Å². The molecule has 0 spiro atoms. The number of aliphatic imine (C=N–C) groups is 1. The standard InChI is InChI=1S/C16H14N2O5/c1-2-21-13-5-3-12(4-6-13)17-9-11-7-15-16(23-10-22-15)8-14(11)18(19)20/h3-9H,2,10H2,1H3. The second kappa shape index (κ2) is 6.35. The quantitative estimate of drug-likeness (QED) is 0.479. The third-order valence-electron chi connectivity index (χ3n) is 3.22. The first-order valence-electron chi connectivity index (χ1n) is 7.02. The predicted molar refractivity (Wildman–Crippen MR) is 84.1 cm³/mol. The summed E-state index contributed by atoms with van der Waals surface area (Å²) in [6.45, 7) is 2.56. The van der Waals surface area contributed by atoms with E-state index >= 15 is 0 Å². The van der Waals surface area contributed by atoms with Gasteiger partial charge in [-0.2, -0.15) is 0 Å². The molecule has 1 heterocycles. The highest BCUT2D eigenvalue weighted by molar-refractivity contribution is 5.88. The molecule has 0 saturated carbocycles. The van der Waals surface area contributed by atoms with E-state index in [0.29, 0.717) is 29.4 Å². The topological polar surface area (TPSA) is 83.2 Å². The molecule has 0 aromatic heterocycles. The van der Waals surface area contributed by atoms with Gasteiger partial charge in [0, 0.05) is 6.21 Å². The van der Waals surface area contributed by atoms with Gasteiger partial charge < -0.3 is 14.2 Å². The minimum Gasteiger partial charge on any atom is -0.494 e. The van der Waals surface area contributed by atoms with Crippen LogP contribution in [-0.4, -0.2) is 24.5 Å². The highest BCUT2D eigenvalue weighted by Gasteiger charge is 2.22. The van der Waals surface area contributed by atoms with E-state index in [1.807, 2.05) is 6.92 Å². The molecule has 23 heavy (non-hydrogen) atoms. The van der Waals surface area contributed by atoms with Gasteiger partial charge in [-0.05, 0) is 37.3 Å². The van der Waals surface area contributed by atoms with E-state index in [1.165, 1.54) is 12.3 Å². The molecular weight excluding hydrogens is 300 g/mol. The summed E-state index contributed by atoms with van der Waals surface area (Å²) in [5.41, 5.74) is 0.942. The Morgan fingerprint density at radius 1 is 1.26 bits per heavy atom. The largest absolute Gasteiger partial charge is 0.494 e. The maximum atomic E-state index is 11.2. The normalized spacial score (nSPS) is 12.6. The summed E-state index contributed by atoms with van der Waals surface area (Å²) in [6.07, 6.45) is 1.44. The van der Waals surface area contributed by atoms with Crippen molar-refractivity contribution in [2.45, 2.75) is 6.92 Å². The summed E-state index contributed by atoms with van der Waals surface area (Å²) >= 11 is 0. The van der Waals surface area contributed by atoms with E-state index < -0.39 is 4.92 Å². The molecular formula is C16H14N2O5. The highest BCUT2D eigenvalue weighted by Crippen LogP contribution is 2.37. The van der Waals surface area contributed by atoms with Crippen molar-refractivity contribution in [1.82, 2.24) is 0 Å². The summed E-state index contributed by atoms with van der Waals surface area (Å²) in [5, 5.41) is 11.2. The third kappa shape index (κ3) is 3.23. The van der Waals surface area contributed by atoms with Crippen LogP contribution in [0.5, 0.6) is 17.2 Å². The molecule has 2 aromatic rings. The van der Waals surface area contributed by atoms with Gasteiger partial charge in [-0.3, -0.25) is 15.1 Å². The smallest absolute Gasteiger partial charge is 0.282 e. The Kier molecular flexibility index (Phi) is 4.09. The van der Waals surface area contributed by atoms with Crippen LogP contribution in [0.25, 0.3) is 0 Å². The van der Waals surface area contributed by atoms with Gasteiger partial charge in [0.2, 0.25) is 6.79 Å². The number of hydrogen-bond donors (Lipinski definition) is 0. The molecule has 7 heteroatoms. The van der Waals surface area contributed by atoms with Crippen molar-refractivity contribution in [2.24, 2.45) is 4.99 Å². The summed E-state index contributed by atoms with van der Waals surface area (Å²) < 4.78 is 15.8. The van der Waals surface area contributed by atoms with Crippen LogP contribution in [0.3, 0.4) is 0 Å². The molecule has 0 aliphatic carbocycles. The van der Waals surface area contributed by atoms with E-state index in [9.17, 15) is 10.1 Å². The van der Waals surface area contributed by atoms with E-state index in [-0.39, 0.29) is 12.5 Å². The van der Waals surface area contributed by atoms with Crippen molar-refractivity contribution in [3.05, 3.63) is 52.1 Å². The number of ether oxygens (including phenoxy) is 3. The fraction of sp³-hybridized carbons (Fsp3) is 0.188. The van der Waals surface area contributed by atoms with E-state index in [2.05, 4.69) is 4.99 Å². The van der Waals surface area contributed by atoms with E-state index in [0.717, 1.165) is 5.75 Å². The summed E-state index contributed by atoms with van der Waals surface area (Å²) in [6, 6.07) is 10.1. The molecule has 0 bridgehead atoms. The highest BCUT2D eigenvalue weighted by atomic mass is 16.7. The maximum absolute atomic E-state index is 11.2. The van der Waals surface area contributed by atoms with Gasteiger partial charge in [-0.1, -0.05) is 0 Å². The van der Waals surface area contributed by atoms with Crippen molar-refractivity contribution in [1.29, 1.82) is 0 Å². The third-order valence-corrected chi connectivity index (χ3v) is 3.22. The lowest BCUT2D eigenvalue weighted by Crippen LogP contribution is -1.95. The average molecular weight is 314 g/mol. The van der Waals surface area contributed by atoms with Crippen LogP contribution in [0, 0.1) is 10.1 Å². The van der Waals surface area contributed by atoms with Gasteiger partial charge in [-0.15, -0.1) is 0 Å². The Morgan fingerprint density at radius 3 is 2.61 bits per heavy atom. The van der Waals surface area contributed by atoms with Crippen molar-refractivity contribution >= 4 is 17.6 Å². The summed E-state index contributed by atoms with van der Waals surface area (Å²) in [5.74, 6) is 1.60. The molecule has 0 amide bonds. The van der Waals surface area contributed by atoms with Gasteiger partial charge in [0.1, 0.15) is 5.75 Å². The maximum Gasteiger partial charge on any atom is 0.282 e. The van der Waals surface area contributed by atoms with E-state index in [4.69, 9.17) is 14.2 Å². The minimum absolute atomic E-state index is 0.0615. The Balaban J connectivity index is 1.88. The van der Waals surface area contributed by atoms with E-state index in [1.54, 1.807) is 30.3 Å². The first-order chi connectivity index (χ1) is 11.2. The lowest BCUT2D eigenvalue weighted by atomic mass is 10.1. The number of hydrogen-bond acceptors (Lipinski definition) is 6. The lowest BCUT2D eigenvalue weighted by molar-refractivity contribution is -0.385. The molecule has 2 aromatic carbocycles. The molecule has 3 rings (SSSR count). The summed E-state index contributed by atoms with van der Waals surface area (Å²) in [4.78, 5) is 15.0. The van der Waals surface area contributed by atoms with Gasteiger partial charge in [-0.25, -0.2) is 0 Å². The Labute approximate surface area is 132 Å². The molecule has 0 unspecified atom stereocenters. The van der Waals surface area contributed by atoms with Crippen LogP contribution in [0.1, 0.15) is 12.5 Å². The van der Waals surface area contributed by atoms with Crippen molar-refractivity contribution < 1.29 is 19.1 Å². The zero-order valence-electron chi connectivity index (χ0n) is 12.4. The molecule has 1 aliphatic rings. The number of benzene rings is 2. The molecule has 0 fully saturated rings. The second-order valence-corrected chi connectivity index (χ2v) is 4.71. The molecule has 118 valence electrons. The van der Waals surface area contributed by atoms with Gasteiger partial charge in [0.15, 0.2) is 11.5 Å². The average Bonchev–Trinajstić information content (AvgIpc) is 3.01. The van der Waals surface area contributed by atoms with Crippen LogP contribution in [0.2, 0.25) is 0 Å². The van der Waals surface area contributed by atoms with Gasteiger partial charge in [0.25, 0.3) is 5.69 Å². The molecule has 1 aliphatic heterocycles. The van der Waals surface area contributed by atoms with Crippen LogP contribution >= 0.6 is 0 Å². The Morgan fingerprint density at radius 2 is 1.96 bits per heavy atom. The molecule has 0 radical (unpaired) electrons. The number of rotatable bonds is 5. The van der Waals surface area contributed by atoms with Crippen LogP contribution in [0.4, 0.5) is 11.4 Å². The number of fused-ring (bicyclic) bond motifs is 1. The monoisotopic (exact) mass is 314 g/mol. The second-order valence-electron chi connectivity index (χ2n) is 4.71. The predicted octanol–water partition coefficient (Wildman–Crippen LogP) is 3.47. The zero-order valence-corrected chi connectivity index (χ0v) is 12.4. The molecule has 7 nitrogen and oxygen atoms in total. The summed E-state index contributed by atoms with van der Waals surface area (Å²) in [7, 11) is 0. The van der Waals surface area contributed by atoms with Gasteiger partial charge >= 0.3 is 0 Å². The number of nitrogens with zero attached hydrogens (tertiary/aromatic N) is 2. The van der Waals surface area contributed by atoms with Crippen molar-refractivity contribution in [3.8, 4) is 17.2 Å². The van der Waals surface area contributed by atoms with Crippen LogP contribution in [0.15, 0.2) is 41.4 Å². The van der Waals surface area contributed by atoms with Crippen molar-refractivity contribution in [3.63, 3.8) is 0 Å². The fourth-order valence-electron chi connectivity index (χ4n) is 2.15. The lowest BCUT2D eigenvalue weighted by Gasteiger charge is -2.02. The first-order valence-corrected chi connectivity index (χ1v) is 7.02. The van der Waals surface area contributed by atoms with Gasteiger partial charge in [0.05, 0.1) is 28.8 Å². The molecule has 0 N–H and O–H groups in total. The Bertz CT molecular complexity index is 756. The molecule has 0 atom stereocenters. The van der Waals surface area contributed by atoms with Crippen LogP contribution < -0.4 is 14.2 Å².